The van der Waals surface area contributed by atoms with Crippen molar-refractivity contribution in [1.82, 2.24) is 14.7 Å². The normalized spacial score (nSPS) is 11.0. The summed E-state index contributed by atoms with van der Waals surface area (Å²) in [6.07, 6.45) is 2.38. The summed E-state index contributed by atoms with van der Waals surface area (Å²) in [7, 11) is -3.25. The Hall–Kier alpha value is -3.21. The lowest BCUT2D eigenvalue weighted by Gasteiger charge is -2.09. The summed E-state index contributed by atoms with van der Waals surface area (Å²) >= 11 is 0. The van der Waals surface area contributed by atoms with E-state index in [9.17, 15) is 17.6 Å². The molecule has 0 bridgehead atoms. The second-order valence-electron chi connectivity index (χ2n) is 7.17. The number of benzene rings is 2. The Kier molecular flexibility index (Phi) is 8.94. The molecule has 8 nitrogen and oxygen atoms in total. The molecule has 0 spiro atoms. The minimum Gasteiger partial charge on any atom is -0.478 e. The van der Waals surface area contributed by atoms with Crippen molar-refractivity contribution >= 4 is 16.0 Å². The zero-order chi connectivity index (χ0) is 23.7. The van der Waals surface area contributed by atoms with Crippen molar-refractivity contribution in [2.24, 2.45) is 5.73 Å². The number of sulfonamides is 1. The third-order valence-electron chi connectivity index (χ3n) is 3.98. The quantitative estimate of drug-likeness (QED) is 0.493. The Morgan fingerprint density at radius 1 is 1.09 bits per heavy atom. The highest BCUT2D eigenvalue weighted by atomic mass is 32.2. The molecule has 10 heteroatoms. The van der Waals surface area contributed by atoms with Crippen LogP contribution < -0.4 is 10.5 Å². The summed E-state index contributed by atoms with van der Waals surface area (Å²) in [5.74, 6) is -1.18. The molecule has 1 heterocycles. The number of aromatic nitrogens is 2. The van der Waals surface area contributed by atoms with Gasteiger partial charge in [0.1, 0.15) is 5.82 Å². The van der Waals surface area contributed by atoms with E-state index in [1.807, 2.05) is 18.2 Å². The number of aromatic carboxylic acids is 1. The van der Waals surface area contributed by atoms with Gasteiger partial charge in [-0.2, -0.15) is 0 Å². The molecule has 0 aliphatic carbocycles. The lowest BCUT2D eigenvalue weighted by atomic mass is 10.1. The fourth-order valence-electron chi connectivity index (χ4n) is 2.68. The van der Waals surface area contributed by atoms with Gasteiger partial charge < -0.3 is 10.8 Å². The third kappa shape index (κ3) is 8.14. The van der Waals surface area contributed by atoms with Gasteiger partial charge >= 0.3 is 5.97 Å². The summed E-state index contributed by atoms with van der Waals surface area (Å²) in [4.78, 5) is 18.3. The van der Waals surface area contributed by atoms with E-state index in [4.69, 9.17) is 10.8 Å². The minimum atomic E-state index is -3.25. The van der Waals surface area contributed by atoms with Crippen molar-refractivity contribution in [3.05, 3.63) is 83.4 Å². The maximum Gasteiger partial charge on any atom is 0.338 e. The van der Waals surface area contributed by atoms with Crippen LogP contribution in [0, 0.1) is 5.82 Å². The van der Waals surface area contributed by atoms with Crippen molar-refractivity contribution in [2.45, 2.75) is 32.2 Å². The van der Waals surface area contributed by atoms with Crippen LogP contribution in [0.3, 0.4) is 0 Å². The number of nitrogens with one attached hydrogen (secondary N) is 1. The largest absolute Gasteiger partial charge is 0.478 e. The highest BCUT2D eigenvalue weighted by Gasteiger charge is 2.12. The van der Waals surface area contributed by atoms with Gasteiger partial charge in [-0.05, 0) is 37.1 Å². The number of hydrogen-bond acceptors (Lipinski definition) is 6. The predicted molar refractivity (Wildman–Crippen MR) is 120 cm³/mol. The van der Waals surface area contributed by atoms with E-state index in [0.29, 0.717) is 17.9 Å². The number of halogens is 1. The molecule has 2 aromatic carbocycles. The van der Waals surface area contributed by atoms with Crippen LogP contribution in [0.15, 0.2) is 60.9 Å². The lowest BCUT2D eigenvalue weighted by molar-refractivity contribution is 0.0696. The first-order valence-corrected chi connectivity index (χ1v) is 11.3. The van der Waals surface area contributed by atoms with E-state index in [2.05, 4.69) is 14.7 Å². The SMILES string of the molecule is CC(C)NS(=O)(=O)Cc1cccc(CN)c1.O=C(O)c1cnc(-c2cccc(F)c2)nc1. The number of carbonyl (C=O) groups is 1. The summed E-state index contributed by atoms with van der Waals surface area (Å²) in [6, 6.07) is 13.0. The fraction of sp³-hybridized carbons (Fsp3) is 0.227. The van der Waals surface area contributed by atoms with E-state index in [1.54, 1.807) is 32.0 Å². The molecule has 0 aliphatic heterocycles. The molecule has 3 aromatic rings. The van der Waals surface area contributed by atoms with Gasteiger partial charge in [0.25, 0.3) is 0 Å². The molecule has 170 valence electrons. The molecule has 0 fully saturated rings. The van der Waals surface area contributed by atoms with Crippen LogP contribution in [0.2, 0.25) is 0 Å². The molecule has 1 aromatic heterocycles. The third-order valence-corrected chi connectivity index (χ3v) is 5.52. The minimum absolute atomic E-state index is 0.000142. The highest BCUT2D eigenvalue weighted by Crippen LogP contribution is 2.15. The first kappa shape index (κ1) is 25.1. The second-order valence-corrected chi connectivity index (χ2v) is 8.92. The first-order chi connectivity index (χ1) is 15.1. The van der Waals surface area contributed by atoms with Crippen molar-refractivity contribution in [3.63, 3.8) is 0 Å². The number of hydrogen-bond donors (Lipinski definition) is 3. The highest BCUT2D eigenvalue weighted by molar-refractivity contribution is 7.88. The maximum atomic E-state index is 12.9. The lowest BCUT2D eigenvalue weighted by Crippen LogP contribution is -2.31. The zero-order valence-corrected chi connectivity index (χ0v) is 18.5. The van der Waals surface area contributed by atoms with Crippen LogP contribution in [0.4, 0.5) is 4.39 Å². The molecule has 0 saturated heterocycles. The molecular formula is C22H25FN4O4S. The monoisotopic (exact) mass is 460 g/mol. The van der Waals surface area contributed by atoms with Gasteiger partial charge in [0.2, 0.25) is 10.0 Å². The Morgan fingerprint density at radius 2 is 1.72 bits per heavy atom. The van der Waals surface area contributed by atoms with Crippen LogP contribution >= 0.6 is 0 Å². The van der Waals surface area contributed by atoms with E-state index in [1.165, 1.54) is 24.5 Å². The summed E-state index contributed by atoms with van der Waals surface area (Å²) in [5.41, 5.74) is 7.71. The predicted octanol–water partition coefficient (Wildman–Crippen LogP) is 2.95. The molecular weight excluding hydrogens is 435 g/mol. The van der Waals surface area contributed by atoms with Crippen LogP contribution in [0.25, 0.3) is 11.4 Å². The average molecular weight is 461 g/mol. The Bertz CT molecular complexity index is 1150. The number of carboxylic acids is 1. The number of rotatable bonds is 7. The van der Waals surface area contributed by atoms with Crippen molar-refractivity contribution in [2.75, 3.05) is 0 Å². The van der Waals surface area contributed by atoms with Crippen molar-refractivity contribution < 1.29 is 22.7 Å². The van der Waals surface area contributed by atoms with E-state index < -0.39 is 16.0 Å². The van der Waals surface area contributed by atoms with Crippen molar-refractivity contribution in [3.8, 4) is 11.4 Å². The molecule has 3 rings (SSSR count). The number of nitrogens with zero attached hydrogens (tertiary/aromatic N) is 2. The van der Waals surface area contributed by atoms with Gasteiger partial charge in [-0.3, -0.25) is 0 Å². The molecule has 4 N–H and O–H groups in total. The summed E-state index contributed by atoms with van der Waals surface area (Å²) in [5, 5.41) is 8.65. The topological polar surface area (TPSA) is 135 Å². The fourth-order valence-corrected chi connectivity index (χ4v) is 4.10. The first-order valence-electron chi connectivity index (χ1n) is 9.69. The molecule has 0 amide bonds. The summed E-state index contributed by atoms with van der Waals surface area (Å²) in [6.45, 7) is 4.02. The van der Waals surface area contributed by atoms with Crippen molar-refractivity contribution in [1.29, 1.82) is 0 Å². The number of carboxylic acid groups (broad SMARTS) is 1. The number of nitrogens with two attached hydrogens (primary N) is 1. The van der Waals surface area contributed by atoms with Crippen LogP contribution in [-0.4, -0.2) is 35.5 Å². The summed E-state index contributed by atoms with van der Waals surface area (Å²) < 4.78 is 38.8. The second kappa shape index (κ2) is 11.4. The smallest absolute Gasteiger partial charge is 0.338 e. The Labute approximate surface area is 186 Å². The van der Waals surface area contributed by atoms with E-state index in [-0.39, 0.29) is 23.2 Å². The molecule has 0 radical (unpaired) electrons. The molecule has 0 aliphatic rings. The van der Waals surface area contributed by atoms with Gasteiger partial charge in [-0.25, -0.2) is 32.3 Å². The van der Waals surface area contributed by atoms with Crippen LogP contribution in [0.5, 0.6) is 0 Å². The van der Waals surface area contributed by atoms with Gasteiger partial charge in [0, 0.05) is 30.5 Å². The van der Waals surface area contributed by atoms with Gasteiger partial charge in [-0.15, -0.1) is 0 Å². The molecule has 32 heavy (non-hydrogen) atoms. The zero-order valence-electron chi connectivity index (χ0n) is 17.7. The Morgan fingerprint density at radius 3 is 2.28 bits per heavy atom. The van der Waals surface area contributed by atoms with E-state index in [0.717, 1.165) is 11.1 Å². The van der Waals surface area contributed by atoms with E-state index >= 15 is 0 Å². The van der Waals surface area contributed by atoms with Gasteiger partial charge in [0.05, 0.1) is 11.3 Å². The maximum absolute atomic E-state index is 12.9. The average Bonchev–Trinajstić information content (AvgIpc) is 2.73. The van der Waals surface area contributed by atoms with Gasteiger partial charge in [-0.1, -0.05) is 36.4 Å². The molecule has 0 atom stereocenters. The Balaban J connectivity index is 0.000000227. The van der Waals surface area contributed by atoms with Gasteiger partial charge in [0.15, 0.2) is 5.82 Å². The molecule has 0 unspecified atom stereocenters. The van der Waals surface area contributed by atoms with Crippen LogP contribution in [-0.2, 0) is 22.3 Å². The standard InChI is InChI=1S/C11H7FN2O2.C11H18N2O2S/c12-9-3-1-2-7(4-9)10-13-5-8(6-14-10)11(15)16;1-9(2)13-16(14,15)8-11-5-3-4-10(6-11)7-12/h1-6H,(H,15,16);3-6,9,13H,7-8,12H2,1-2H3. The van der Waals surface area contributed by atoms with Crippen LogP contribution in [0.1, 0.15) is 35.3 Å². The molecule has 0 saturated carbocycles.